The minimum absolute atomic E-state index is 0.0300. The molecule has 40 heavy (non-hydrogen) atoms. The molecule has 2 rings (SSSR count). The number of thiophene rings is 1. The highest BCUT2D eigenvalue weighted by Gasteiger charge is 2.37. The lowest BCUT2D eigenvalue weighted by molar-refractivity contribution is -0.0888. The Morgan fingerprint density at radius 1 is 0.975 bits per heavy atom. The molecule has 0 N–H and O–H groups in total. The number of halogens is 3. The second kappa shape index (κ2) is 14.6. The number of rotatable bonds is 11. The molecule has 0 spiro atoms. The Kier molecular flexibility index (Phi) is 11.6. The van der Waals surface area contributed by atoms with Gasteiger partial charge in [0.05, 0.1) is 18.8 Å². The molecule has 2 aromatic rings. The summed E-state index contributed by atoms with van der Waals surface area (Å²) in [6, 6.07) is 13.7. The number of benzene rings is 1. The maximum atomic E-state index is 13.9. The van der Waals surface area contributed by atoms with Gasteiger partial charge in [0, 0.05) is 40.2 Å². The predicted molar refractivity (Wildman–Crippen MR) is 152 cm³/mol. The third kappa shape index (κ3) is 8.27. The van der Waals surface area contributed by atoms with Gasteiger partial charge in [-0.15, -0.1) is 11.3 Å². The maximum absolute atomic E-state index is 13.9. The largest absolute Gasteiger partial charge is 0.493 e. The van der Waals surface area contributed by atoms with Crippen molar-refractivity contribution < 1.29 is 22.6 Å². The summed E-state index contributed by atoms with van der Waals surface area (Å²) in [5.41, 5.74) is -1.10. The SMILES string of the molecule is CCN(CC)c1ccc(/C=C/c2ccc(/C=C/C(=C(\C#N)C(OC)=C(C#N)C#N)C(F)(F)F)s2)c(OC(C)C)c1. The van der Waals surface area contributed by atoms with E-state index in [0.717, 1.165) is 48.2 Å². The van der Waals surface area contributed by atoms with Gasteiger partial charge in [0.25, 0.3) is 0 Å². The third-order valence-electron chi connectivity index (χ3n) is 5.55. The van der Waals surface area contributed by atoms with E-state index in [4.69, 9.17) is 20.0 Å². The van der Waals surface area contributed by atoms with Gasteiger partial charge in [0.1, 0.15) is 29.5 Å². The number of allylic oxidation sites excluding steroid dienone is 4. The quantitative estimate of drug-likeness (QED) is 0.156. The molecule has 0 unspecified atom stereocenters. The van der Waals surface area contributed by atoms with Gasteiger partial charge in [0.2, 0.25) is 0 Å². The number of hydrogen-bond acceptors (Lipinski definition) is 7. The van der Waals surface area contributed by atoms with Gasteiger partial charge >= 0.3 is 6.18 Å². The van der Waals surface area contributed by atoms with E-state index in [2.05, 4.69) is 18.7 Å². The van der Waals surface area contributed by atoms with Crippen molar-refractivity contribution in [3.05, 3.63) is 74.2 Å². The normalized spacial score (nSPS) is 12.1. The van der Waals surface area contributed by atoms with Gasteiger partial charge in [-0.2, -0.15) is 29.0 Å². The van der Waals surface area contributed by atoms with Crippen molar-refractivity contribution in [1.29, 1.82) is 15.8 Å². The van der Waals surface area contributed by atoms with E-state index in [1.807, 2.05) is 44.2 Å². The smallest absolute Gasteiger partial charge is 0.417 e. The van der Waals surface area contributed by atoms with E-state index in [-0.39, 0.29) is 6.10 Å². The molecule has 0 saturated carbocycles. The van der Waals surface area contributed by atoms with Crippen LogP contribution in [0.15, 0.2) is 58.9 Å². The molecule has 208 valence electrons. The molecular weight excluding hydrogens is 537 g/mol. The topological polar surface area (TPSA) is 93.1 Å². The van der Waals surface area contributed by atoms with Crippen LogP contribution in [-0.4, -0.2) is 32.5 Å². The van der Waals surface area contributed by atoms with Crippen molar-refractivity contribution in [2.75, 3.05) is 25.1 Å². The summed E-state index contributed by atoms with van der Waals surface area (Å²) in [6.07, 6.45) is 0.729. The van der Waals surface area contributed by atoms with Gasteiger partial charge < -0.3 is 14.4 Å². The van der Waals surface area contributed by atoms with Crippen molar-refractivity contribution >= 4 is 35.3 Å². The minimum Gasteiger partial charge on any atom is -0.493 e. The van der Waals surface area contributed by atoms with Crippen LogP contribution < -0.4 is 9.64 Å². The zero-order chi connectivity index (χ0) is 29.9. The van der Waals surface area contributed by atoms with Crippen molar-refractivity contribution in [2.24, 2.45) is 0 Å². The second-order valence-electron chi connectivity index (χ2n) is 8.50. The van der Waals surface area contributed by atoms with Gasteiger partial charge in [-0.25, -0.2) is 0 Å². The Morgan fingerprint density at radius 2 is 1.60 bits per heavy atom. The van der Waals surface area contributed by atoms with Crippen LogP contribution in [0, 0.1) is 34.0 Å². The van der Waals surface area contributed by atoms with Crippen LogP contribution in [-0.2, 0) is 4.74 Å². The summed E-state index contributed by atoms with van der Waals surface area (Å²) in [5, 5.41) is 27.6. The van der Waals surface area contributed by atoms with Gasteiger partial charge in [0.15, 0.2) is 11.3 Å². The standard InChI is InChI=1S/C30H29F3N4O2S/c1-6-37(7-2)23-10-8-21(28(16-23)39-20(3)4)9-11-24-12-13-25(40-24)14-15-27(30(31,32)33)26(19-36)29(38-5)22(17-34)18-35/h8-16,20H,6-7H2,1-5H3/b11-9+,15-14+,27-26-. The molecule has 0 aliphatic heterocycles. The first kappa shape index (κ1) is 31.8. The Labute approximate surface area is 236 Å². The summed E-state index contributed by atoms with van der Waals surface area (Å²) in [5.74, 6) is -0.00173. The van der Waals surface area contributed by atoms with Crippen LogP contribution in [0.3, 0.4) is 0 Å². The average Bonchev–Trinajstić information content (AvgIpc) is 3.37. The van der Waals surface area contributed by atoms with E-state index >= 15 is 0 Å². The molecule has 0 aliphatic rings. The lowest BCUT2D eigenvalue weighted by Gasteiger charge is -2.23. The van der Waals surface area contributed by atoms with E-state index in [1.165, 1.54) is 35.6 Å². The van der Waals surface area contributed by atoms with Gasteiger partial charge in [-0.1, -0.05) is 0 Å². The van der Waals surface area contributed by atoms with Crippen LogP contribution in [0.5, 0.6) is 5.75 Å². The van der Waals surface area contributed by atoms with E-state index < -0.39 is 28.7 Å². The van der Waals surface area contributed by atoms with Crippen LogP contribution in [0.4, 0.5) is 18.9 Å². The van der Waals surface area contributed by atoms with Gasteiger partial charge in [-0.3, -0.25) is 0 Å². The maximum Gasteiger partial charge on any atom is 0.417 e. The summed E-state index contributed by atoms with van der Waals surface area (Å²) in [7, 11) is 0.992. The number of anilines is 1. The van der Waals surface area contributed by atoms with Crippen LogP contribution >= 0.6 is 11.3 Å². The van der Waals surface area contributed by atoms with Crippen molar-refractivity contribution in [3.8, 4) is 24.0 Å². The zero-order valence-electron chi connectivity index (χ0n) is 22.8. The molecule has 1 aromatic heterocycles. The Morgan fingerprint density at radius 3 is 2.10 bits per heavy atom. The lowest BCUT2D eigenvalue weighted by Crippen LogP contribution is -2.21. The molecule has 0 aliphatic carbocycles. The van der Waals surface area contributed by atoms with Gasteiger partial charge in [-0.05, 0) is 76.3 Å². The van der Waals surface area contributed by atoms with E-state index in [1.54, 1.807) is 12.1 Å². The number of hydrogen-bond donors (Lipinski definition) is 0. The van der Waals surface area contributed by atoms with Crippen molar-refractivity contribution in [1.82, 2.24) is 0 Å². The molecule has 0 fully saturated rings. The van der Waals surface area contributed by atoms with E-state index in [9.17, 15) is 18.4 Å². The highest BCUT2D eigenvalue weighted by atomic mass is 32.1. The highest BCUT2D eigenvalue weighted by molar-refractivity contribution is 7.13. The molecule has 0 bridgehead atoms. The first-order valence-electron chi connectivity index (χ1n) is 12.3. The summed E-state index contributed by atoms with van der Waals surface area (Å²) in [6.45, 7) is 9.79. The number of nitrogens with zero attached hydrogens (tertiary/aromatic N) is 4. The number of ether oxygens (including phenoxy) is 2. The zero-order valence-corrected chi connectivity index (χ0v) is 23.7. The summed E-state index contributed by atoms with van der Waals surface area (Å²) < 4.78 is 52.5. The number of methoxy groups -OCH3 is 1. The Hall–Kier alpha value is -4.46. The fourth-order valence-corrected chi connectivity index (χ4v) is 4.51. The van der Waals surface area contributed by atoms with Crippen LogP contribution in [0.2, 0.25) is 0 Å². The number of nitriles is 3. The molecule has 0 amide bonds. The Balaban J connectivity index is 2.44. The molecule has 0 saturated heterocycles. The Bertz CT molecular complexity index is 1420. The van der Waals surface area contributed by atoms with Crippen LogP contribution in [0.25, 0.3) is 18.2 Å². The summed E-state index contributed by atoms with van der Waals surface area (Å²) in [4.78, 5) is 3.50. The first-order valence-corrected chi connectivity index (χ1v) is 13.2. The average molecular weight is 567 g/mol. The molecule has 6 nitrogen and oxygen atoms in total. The first-order chi connectivity index (χ1) is 19.0. The monoisotopic (exact) mass is 566 g/mol. The van der Waals surface area contributed by atoms with Crippen molar-refractivity contribution in [3.63, 3.8) is 0 Å². The highest BCUT2D eigenvalue weighted by Crippen LogP contribution is 2.34. The number of alkyl halides is 3. The minimum atomic E-state index is -4.94. The molecule has 10 heteroatoms. The molecule has 1 heterocycles. The molecule has 0 radical (unpaired) electrons. The van der Waals surface area contributed by atoms with Crippen LogP contribution in [0.1, 0.15) is 43.0 Å². The summed E-state index contributed by atoms with van der Waals surface area (Å²) >= 11 is 1.25. The van der Waals surface area contributed by atoms with E-state index in [0.29, 0.717) is 4.88 Å². The fraction of sp³-hybridized carbons (Fsp3) is 0.300. The predicted octanol–water partition coefficient (Wildman–Crippen LogP) is 7.90. The molecule has 0 atom stereocenters. The second-order valence-corrected chi connectivity index (χ2v) is 9.64. The fourth-order valence-electron chi connectivity index (χ4n) is 3.70. The lowest BCUT2D eigenvalue weighted by atomic mass is 10.0. The van der Waals surface area contributed by atoms with Crippen molar-refractivity contribution in [2.45, 2.75) is 40.0 Å². The molecular formula is C30H29F3N4O2S. The third-order valence-corrected chi connectivity index (χ3v) is 6.56. The molecule has 1 aromatic carbocycles.